The van der Waals surface area contributed by atoms with Gasteiger partial charge in [-0.05, 0) is 33.3 Å². The number of carbonyl (C=O) groups is 1. The van der Waals surface area contributed by atoms with Crippen LogP contribution >= 0.6 is 0 Å². The molecule has 0 N–H and O–H groups in total. The van der Waals surface area contributed by atoms with E-state index in [0.717, 1.165) is 5.57 Å². The van der Waals surface area contributed by atoms with Crippen LogP contribution in [-0.4, -0.2) is 22.9 Å². The molecule has 1 rings (SSSR count). The van der Waals surface area contributed by atoms with Gasteiger partial charge in [-0.15, -0.1) is 0 Å². The summed E-state index contributed by atoms with van der Waals surface area (Å²) in [6.45, 7) is 9.72. The number of rotatable bonds is 0. The molecule has 0 radical (unpaired) electrons. The van der Waals surface area contributed by atoms with Crippen molar-refractivity contribution in [2.24, 2.45) is 11.3 Å². The van der Waals surface area contributed by atoms with Crippen molar-refractivity contribution in [3.05, 3.63) is 11.6 Å². The third-order valence-electron chi connectivity index (χ3n) is 3.74. The molecule has 96 valence electrons. The highest BCUT2D eigenvalue weighted by atomic mass is 16.2. The van der Waals surface area contributed by atoms with Gasteiger partial charge in [-0.1, -0.05) is 6.92 Å². The monoisotopic (exact) mass is 245 g/mol. The van der Waals surface area contributed by atoms with E-state index < -0.39 is 5.41 Å². The van der Waals surface area contributed by atoms with Gasteiger partial charge in [0.25, 0.3) is 0 Å². The van der Waals surface area contributed by atoms with Gasteiger partial charge in [0.1, 0.15) is 5.41 Å². The molecule has 0 aromatic rings. The lowest BCUT2D eigenvalue weighted by Gasteiger charge is -2.47. The largest absolute Gasteiger partial charge is 0.332 e. The van der Waals surface area contributed by atoms with Gasteiger partial charge in [0.15, 0.2) is 0 Å². The van der Waals surface area contributed by atoms with Gasteiger partial charge in [0.2, 0.25) is 5.91 Å². The molecule has 1 fully saturated rings. The zero-order chi connectivity index (χ0) is 14.1. The van der Waals surface area contributed by atoms with Gasteiger partial charge < -0.3 is 4.90 Å². The molecule has 0 unspecified atom stereocenters. The van der Waals surface area contributed by atoms with E-state index >= 15 is 0 Å². The maximum Gasteiger partial charge on any atom is 0.244 e. The fourth-order valence-electron chi connectivity index (χ4n) is 2.17. The van der Waals surface area contributed by atoms with E-state index in [9.17, 15) is 10.1 Å². The molecule has 0 aliphatic carbocycles. The van der Waals surface area contributed by atoms with E-state index in [4.69, 9.17) is 5.26 Å². The van der Waals surface area contributed by atoms with Crippen LogP contribution in [-0.2, 0) is 4.79 Å². The number of allylic oxidation sites excluding steroid dienone is 1. The summed E-state index contributed by atoms with van der Waals surface area (Å²) >= 11 is 0. The topological polar surface area (TPSA) is 67.9 Å². The van der Waals surface area contributed by atoms with Crippen LogP contribution in [0.5, 0.6) is 0 Å². The maximum absolute atomic E-state index is 12.5. The van der Waals surface area contributed by atoms with E-state index in [2.05, 4.69) is 6.07 Å². The smallest absolute Gasteiger partial charge is 0.244 e. The van der Waals surface area contributed by atoms with E-state index in [1.54, 1.807) is 11.8 Å². The lowest BCUT2D eigenvalue weighted by Crippen LogP contribution is -2.58. The molecule has 4 nitrogen and oxygen atoms in total. The highest BCUT2D eigenvalue weighted by Crippen LogP contribution is 2.41. The SMILES string of the molecule is C[C@H]1/C(=C\C#N)CN(C(C)(C)C)C(=O)[C@@]1(C)C#N. The molecule has 4 heteroatoms. The number of piperidine rings is 1. The first-order chi connectivity index (χ1) is 8.18. The molecule has 0 spiro atoms. The lowest BCUT2D eigenvalue weighted by molar-refractivity contribution is -0.147. The molecular formula is C14H19N3O. The van der Waals surface area contributed by atoms with Gasteiger partial charge in [-0.3, -0.25) is 4.79 Å². The summed E-state index contributed by atoms with van der Waals surface area (Å²) in [6, 6.07) is 4.14. The van der Waals surface area contributed by atoms with Crippen molar-refractivity contribution >= 4 is 5.91 Å². The average Bonchev–Trinajstić information content (AvgIpc) is 2.28. The van der Waals surface area contributed by atoms with Gasteiger partial charge in [-0.25, -0.2) is 0 Å². The zero-order valence-corrected chi connectivity index (χ0v) is 11.6. The van der Waals surface area contributed by atoms with E-state index in [1.807, 2.05) is 33.8 Å². The molecular weight excluding hydrogens is 226 g/mol. The van der Waals surface area contributed by atoms with E-state index in [0.29, 0.717) is 6.54 Å². The van der Waals surface area contributed by atoms with Crippen molar-refractivity contribution in [1.29, 1.82) is 10.5 Å². The van der Waals surface area contributed by atoms with Crippen molar-refractivity contribution in [2.45, 2.75) is 40.2 Å². The summed E-state index contributed by atoms with van der Waals surface area (Å²) in [6.07, 6.45) is 1.46. The molecule has 0 bridgehead atoms. The number of hydrogen-bond donors (Lipinski definition) is 0. The summed E-state index contributed by atoms with van der Waals surface area (Å²) in [7, 11) is 0. The van der Waals surface area contributed by atoms with Crippen molar-refractivity contribution in [2.75, 3.05) is 6.54 Å². The summed E-state index contributed by atoms with van der Waals surface area (Å²) in [4.78, 5) is 14.2. The fraction of sp³-hybridized carbons (Fsp3) is 0.643. The number of likely N-dealkylation sites (tertiary alicyclic amines) is 1. The summed E-state index contributed by atoms with van der Waals surface area (Å²) in [5.41, 5.74) is -0.603. The molecule has 1 amide bonds. The minimum absolute atomic E-state index is 0.153. The number of nitriles is 2. The van der Waals surface area contributed by atoms with Gasteiger partial charge in [0.05, 0.1) is 12.1 Å². The molecule has 1 aliphatic heterocycles. The van der Waals surface area contributed by atoms with Gasteiger partial charge >= 0.3 is 0 Å². The second kappa shape index (κ2) is 4.46. The zero-order valence-electron chi connectivity index (χ0n) is 11.6. The third-order valence-corrected chi connectivity index (χ3v) is 3.74. The quantitative estimate of drug-likeness (QED) is 0.615. The summed E-state index contributed by atoms with van der Waals surface area (Å²) in [5.74, 6) is -0.381. The molecule has 1 heterocycles. The van der Waals surface area contributed by atoms with E-state index in [1.165, 1.54) is 6.08 Å². The number of carbonyl (C=O) groups excluding carboxylic acids is 1. The first-order valence-electron chi connectivity index (χ1n) is 6.00. The number of hydrogen-bond acceptors (Lipinski definition) is 3. The standard InChI is InChI=1S/C14H19N3O/c1-10-11(6-7-15)8-17(13(2,3)4)12(18)14(10,5)9-16/h6,10H,8H2,1-5H3/b11-6-/t10-,14-/m0/s1. The second-order valence-corrected chi connectivity index (χ2v) is 5.95. The average molecular weight is 245 g/mol. The van der Waals surface area contributed by atoms with E-state index in [-0.39, 0.29) is 17.4 Å². The van der Waals surface area contributed by atoms with Crippen molar-refractivity contribution in [3.63, 3.8) is 0 Å². The van der Waals surface area contributed by atoms with Crippen LogP contribution in [0.2, 0.25) is 0 Å². The van der Waals surface area contributed by atoms with Crippen LogP contribution in [0.4, 0.5) is 0 Å². The molecule has 0 aromatic heterocycles. The molecule has 0 saturated carbocycles. The number of nitrogens with zero attached hydrogens (tertiary/aromatic N) is 3. The van der Waals surface area contributed by atoms with Crippen molar-refractivity contribution in [1.82, 2.24) is 4.90 Å². The Hall–Kier alpha value is -1.81. The maximum atomic E-state index is 12.5. The minimum Gasteiger partial charge on any atom is -0.332 e. The van der Waals surface area contributed by atoms with Crippen LogP contribution in [0.3, 0.4) is 0 Å². The Kier molecular flexibility index (Phi) is 3.53. The van der Waals surface area contributed by atoms with Crippen LogP contribution in [0.15, 0.2) is 11.6 Å². The van der Waals surface area contributed by atoms with Gasteiger partial charge in [0, 0.05) is 24.1 Å². The lowest BCUT2D eigenvalue weighted by atomic mass is 9.70. The highest BCUT2D eigenvalue weighted by molar-refractivity contribution is 5.88. The Bertz CT molecular complexity index is 473. The molecule has 1 saturated heterocycles. The third kappa shape index (κ3) is 2.11. The van der Waals surface area contributed by atoms with Crippen molar-refractivity contribution < 1.29 is 4.79 Å². The first kappa shape index (κ1) is 14.3. The van der Waals surface area contributed by atoms with Crippen LogP contribution in [0.1, 0.15) is 34.6 Å². The van der Waals surface area contributed by atoms with Crippen LogP contribution in [0.25, 0.3) is 0 Å². The minimum atomic E-state index is -1.09. The van der Waals surface area contributed by atoms with Gasteiger partial charge in [-0.2, -0.15) is 10.5 Å². The first-order valence-corrected chi connectivity index (χ1v) is 6.00. The summed E-state index contributed by atoms with van der Waals surface area (Å²) < 4.78 is 0. The number of amides is 1. The normalized spacial score (nSPS) is 31.1. The predicted molar refractivity (Wildman–Crippen MR) is 68.0 cm³/mol. The highest BCUT2D eigenvalue weighted by Gasteiger charge is 2.50. The second-order valence-electron chi connectivity index (χ2n) is 5.95. The Morgan fingerprint density at radius 3 is 2.39 bits per heavy atom. The Balaban J connectivity index is 3.33. The van der Waals surface area contributed by atoms with Crippen molar-refractivity contribution in [3.8, 4) is 12.1 Å². The predicted octanol–water partition coefficient (Wildman–Crippen LogP) is 2.24. The molecule has 18 heavy (non-hydrogen) atoms. The van der Waals surface area contributed by atoms with Crippen LogP contribution in [0, 0.1) is 34.0 Å². The fourth-order valence-corrected chi connectivity index (χ4v) is 2.17. The van der Waals surface area contributed by atoms with Crippen LogP contribution < -0.4 is 0 Å². The molecule has 2 atom stereocenters. The Morgan fingerprint density at radius 1 is 1.44 bits per heavy atom. The summed E-state index contributed by atoms with van der Waals surface area (Å²) in [5, 5.41) is 18.2. The molecule has 1 aliphatic rings. The Morgan fingerprint density at radius 2 is 2.00 bits per heavy atom. The Labute approximate surface area is 108 Å². The molecule has 0 aromatic carbocycles.